The van der Waals surface area contributed by atoms with Crippen molar-refractivity contribution in [2.24, 2.45) is 17.8 Å². The summed E-state index contributed by atoms with van der Waals surface area (Å²) in [5.41, 5.74) is 0.991. The number of hydrogen-bond donors (Lipinski definition) is 2. The number of carboxylic acid groups (broad SMARTS) is 1. The predicted octanol–water partition coefficient (Wildman–Crippen LogP) is 2.05. The van der Waals surface area contributed by atoms with E-state index in [-0.39, 0.29) is 12.0 Å². The predicted molar refractivity (Wildman–Crippen MR) is 75.2 cm³/mol. The number of fused-ring (bicyclic) bond motifs is 2. The summed E-state index contributed by atoms with van der Waals surface area (Å²) in [6.45, 7) is 4.86. The van der Waals surface area contributed by atoms with Gasteiger partial charge in [0.1, 0.15) is 0 Å². The SMILES string of the molecule is CC(C)n1ccc(CNC2C3CCC(C3)C2C(=O)O)n1. The monoisotopic (exact) mass is 277 g/mol. The number of aliphatic carboxylic acids is 1. The fourth-order valence-electron chi connectivity index (χ4n) is 3.92. The van der Waals surface area contributed by atoms with Gasteiger partial charge in [0.2, 0.25) is 0 Å². The van der Waals surface area contributed by atoms with Crippen molar-refractivity contribution < 1.29 is 9.90 Å². The molecule has 5 nitrogen and oxygen atoms in total. The largest absolute Gasteiger partial charge is 0.481 e. The molecule has 0 spiro atoms. The molecule has 0 aromatic carbocycles. The van der Waals surface area contributed by atoms with E-state index in [0.29, 0.717) is 24.4 Å². The molecule has 1 aromatic heterocycles. The summed E-state index contributed by atoms with van der Waals surface area (Å²) in [7, 11) is 0. The molecule has 4 atom stereocenters. The first-order valence-electron chi connectivity index (χ1n) is 7.56. The van der Waals surface area contributed by atoms with E-state index in [1.165, 1.54) is 6.42 Å². The molecule has 5 heteroatoms. The van der Waals surface area contributed by atoms with Crippen molar-refractivity contribution in [3.05, 3.63) is 18.0 Å². The minimum Gasteiger partial charge on any atom is -0.481 e. The second-order valence-corrected chi connectivity index (χ2v) is 6.48. The third-order valence-corrected chi connectivity index (χ3v) is 4.91. The smallest absolute Gasteiger partial charge is 0.308 e. The fourth-order valence-corrected chi connectivity index (χ4v) is 3.92. The van der Waals surface area contributed by atoms with Crippen LogP contribution in [-0.2, 0) is 11.3 Å². The topological polar surface area (TPSA) is 67.2 Å². The Morgan fingerprint density at radius 1 is 1.50 bits per heavy atom. The lowest BCUT2D eigenvalue weighted by molar-refractivity contribution is -0.144. The lowest BCUT2D eigenvalue weighted by Crippen LogP contribution is -2.43. The molecular weight excluding hydrogens is 254 g/mol. The summed E-state index contributed by atoms with van der Waals surface area (Å²) >= 11 is 0. The van der Waals surface area contributed by atoms with Crippen LogP contribution >= 0.6 is 0 Å². The van der Waals surface area contributed by atoms with Gasteiger partial charge in [-0.15, -0.1) is 0 Å². The molecule has 2 N–H and O–H groups in total. The van der Waals surface area contributed by atoms with Gasteiger partial charge in [-0.25, -0.2) is 0 Å². The highest BCUT2D eigenvalue weighted by Gasteiger charge is 2.50. The molecule has 3 rings (SSSR count). The third-order valence-electron chi connectivity index (χ3n) is 4.91. The molecule has 2 bridgehead atoms. The molecule has 4 unspecified atom stereocenters. The van der Waals surface area contributed by atoms with E-state index in [2.05, 4.69) is 24.3 Å². The average Bonchev–Trinajstić information content (AvgIpc) is 3.10. The van der Waals surface area contributed by atoms with E-state index in [9.17, 15) is 9.90 Å². The maximum atomic E-state index is 11.4. The van der Waals surface area contributed by atoms with Crippen LogP contribution in [0.2, 0.25) is 0 Å². The van der Waals surface area contributed by atoms with E-state index < -0.39 is 5.97 Å². The average molecular weight is 277 g/mol. The van der Waals surface area contributed by atoms with Gasteiger partial charge in [0.05, 0.1) is 11.6 Å². The van der Waals surface area contributed by atoms with Gasteiger partial charge in [0.25, 0.3) is 0 Å². The number of aromatic nitrogens is 2. The fraction of sp³-hybridized carbons (Fsp3) is 0.733. The van der Waals surface area contributed by atoms with E-state index >= 15 is 0 Å². The van der Waals surface area contributed by atoms with Gasteiger partial charge >= 0.3 is 5.97 Å². The van der Waals surface area contributed by atoms with Crippen LogP contribution in [0.5, 0.6) is 0 Å². The molecule has 1 heterocycles. The zero-order valence-corrected chi connectivity index (χ0v) is 12.1. The highest BCUT2D eigenvalue weighted by atomic mass is 16.4. The van der Waals surface area contributed by atoms with Crippen LogP contribution in [0.3, 0.4) is 0 Å². The molecule has 2 aliphatic rings. The van der Waals surface area contributed by atoms with Gasteiger partial charge in [-0.3, -0.25) is 9.48 Å². The second-order valence-electron chi connectivity index (χ2n) is 6.48. The maximum absolute atomic E-state index is 11.4. The molecule has 0 amide bonds. The van der Waals surface area contributed by atoms with Gasteiger partial charge in [-0.05, 0) is 51.0 Å². The van der Waals surface area contributed by atoms with E-state index in [1.807, 2.05) is 16.9 Å². The van der Waals surface area contributed by atoms with Crippen LogP contribution in [0.1, 0.15) is 44.8 Å². The number of carbonyl (C=O) groups is 1. The van der Waals surface area contributed by atoms with Crippen molar-refractivity contribution in [2.45, 2.75) is 51.7 Å². The summed E-state index contributed by atoms with van der Waals surface area (Å²) < 4.78 is 1.94. The Balaban J connectivity index is 1.63. The summed E-state index contributed by atoms with van der Waals surface area (Å²) in [6, 6.07) is 2.49. The summed E-state index contributed by atoms with van der Waals surface area (Å²) in [5, 5.41) is 17.4. The van der Waals surface area contributed by atoms with Crippen LogP contribution in [-0.4, -0.2) is 26.9 Å². The molecule has 0 radical (unpaired) electrons. The van der Waals surface area contributed by atoms with Gasteiger partial charge < -0.3 is 10.4 Å². The Labute approximate surface area is 119 Å². The molecule has 2 saturated carbocycles. The van der Waals surface area contributed by atoms with Crippen molar-refractivity contribution in [1.29, 1.82) is 0 Å². The normalized spacial score (nSPS) is 32.1. The lowest BCUT2D eigenvalue weighted by atomic mass is 9.84. The van der Waals surface area contributed by atoms with Gasteiger partial charge in [-0.1, -0.05) is 0 Å². The first-order chi connectivity index (χ1) is 9.56. The highest BCUT2D eigenvalue weighted by molar-refractivity contribution is 5.72. The van der Waals surface area contributed by atoms with Crippen molar-refractivity contribution in [1.82, 2.24) is 15.1 Å². The number of hydrogen-bond acceptors (Lipinski definition) is 3. The van der Waals surface area contributed by atoms with Gasteiger partial charge in [0.15, 0.2) is 0 Å². The van der Waals surface area contributed by atoms with E-state index in [4.69, 9.17) is 0 Å². The molecule has 20 heavy (non-hydrogen) atoms. The number of rotatable bonds is 5. The third kappa shape index (κ3) is 2.35. The van der Waals surface area contributed by atoms with Crippen LogP contribution in [0, 0.1) is 17.8 Å². The zero-order chi connectivity index (χ0) is 14.3. The number of nitrogens with one attached hydrogen (secondary N) is 1. The molecule has 0 aliphatic heterocycles. The Hall–Kier alpha value is -1.36. The Bertz CT molecular complexity index is 497. The quantitative estimate of drug-likeness (QED) is 0.864. The van der Waals surface area contributed by atoms with Crippen molar-refractivity contribution in [3.8, 4) is 0 Å². The number of nitrogens with zero attached hydrogens (tertiary/aromatic N) is 2. The summed E-state index contributed by atoms with van der Waals surface area (Å²) in [6.07, 6.45) is 5.32. The van der Waals surface area contributed by atoms with Gasteiger partial charge in [0, 0.05) is 24.8 Å². The van der Waals surface area contributed by atoms with Crippen LogP contribution in [0.4, 0.5) is 0 Å². The van der Waals surface area contributed by atoms with E-state index in [1.54, 1.807) is 0 Å². The minimum absolute atomic E-state index is 0.121. The molecule has 2 fully saturated rings. The Morgan fingerprint density at radius 3 is 2.90 bits per heavy atom. The molecule has 0 saturated heterocycles. The number of carboxylic acids is 1. The van der Waals surface area contributed by atoms with Crippen molar-refractivity contribution in [2.75, 3.05) is 0 Å². The molecule has 1 aromatic rings. The highest BCUT2D eigenvalue weighted by Crippen LogP contribution is 2.48. The standard InChI is InChI=1S/C15H23N3O2/c1-9(2)18-6-5-12(17-18)8-16-14-11-4-3-10(7-11)13(14)15(19)20/h5-6,9-11,13-14,16H,3-4,7-8H2,1-2H3,(H,19,20). The lowest BCUT2D eigenvalue weighted by Gasteiger charge is -2.28. The van der Waals surface area contributed by atoms with E-state index in [0.717, 1.165) is 18.5 Å². The minimum atomic E-state index is -0.637. The van der Waals surface area contributed by atoms with Crippen LogP contribution < -0.4 is 5.32 Å². The Morgan fingerprint density at radius 2 is 2.25 bits per heavy atom. The first kappa shape index (κ1) is 13.6. The van der Waals surface area contributed by atoms with Crippen LogP contribution in [0.15, 0.2) is 12.3 Å². The van der Waals surface area contributed by atoms with Crippen LogP contribution in [0.25, 0.3) is 0 Å². The van der Waals surface area contributed by atoms with Gasteiger partial charge in [-0.2, -0.15) is 5.10 Å². The summed E-state index contributed by atoms with van der Waals surface area (Å²) in [4.78, 5) is 11.4. The zero-order valence-electron chi connectivity index (χ0n) is 12.1. The second kappa shape index (κ2) is 5.20. The molecule has 110 valence electrons. The molecule has 2 aliphatic carbocycles. The summed E-state index contributed by atoms with van der Waals surface area (Å²) in [5.74, 6) is 0.0693. The molecular formula is C15H23N3O2. The van der Waals surface area contributed by atoms with Crippen molar-refractivity contribution in [3.63, 3.8) is 0 Å². The Kier molecular flexibility index (Phi) is 3.54. The maximum Gasteiger partial charge on any atom is 0.308 e. The first-order valence-corrected chi connectivity index (χ1v) is 7.56. The van der Waals surface area contributed by atoms with Crippen molar-refractivity contribution >= 4 is 5.97 Å².